The molecule has 27 heavy (non-hydrogen) atoms. The van der Waals surface area contributed by atoms with E-state index in [-0.39, 0.29) is 35.3 Å². The van der Waals surface area contributed by atoms with Crippen LogP contribution in [0.3, 0.4) is 0 Å². The lowest BCUT2D eigenvalue weighted by molar-refractivity contribution is -0.123. The monoisotopic (exact) mass is 431 g/mol. The van der Waals surface area contributed by atoms with E-state index in [9.17, 15) is 26.4 Å². The second-order valence-electron chi connectivity index (χ2n) is 6.79. The Morgan fingerprint density at radius 2 is 1.85 bits per heavy atom. The van der Waals surface area contributed by atoms with Crippen molar-refractivity contribution >= 4 is 28.3 Å². The van der Waals surface area contributed by atoms with Crippen molar-refractivity contribution in [1.29, 1.82) is 0 Å². The largest absolute Gasteiger partial charge is 0.405 e. The first-order valence-corrected chi connectivity index (χ1v) is 9.45. The summed E-state index contributed by atoms with van der Waals surface area (Å²) in [5.74, 6) is -0.825. The van der Waals surface area contributed by atoms with Crippen molar-refractivity contribution in [2.45, 2.75) is 43.8 Å². The average molecular weight is 432 g/mol. The van der Waals surface area contributed by atoms with Gasteiger partial charge in [0.1, 0.15) is 6.54 Å². The van der Waals surface area contributed by atoms with Crippen LogP contribution in [0.1, 0.15) is 37.6 Å². The van der Waals surface area contributed by atoms with Crippen molar-refractivity contribution in [2.24, 2.45) is 11.7 Å². The first kappa shape index (κ1) is 25.6. The zero-order chi connectivity index (χ0) is 20.2. The molecule has 4 N–H and O–H groups in total. The van der Waals surface area contributed by atoms with E-state index in [1.54, 1.807) is 12.2 Å². The van der Waals surface area contributed by atoms with Crippen LogP contribution in [0.25, 0.3) is 0 Å². The lowest BCUT2D eigenvalue weighted by atomic mass is 9.92. The Morgan fingerprint density at radius 1 is 1.26 bits per heavy atom. The summed E-state index contributed by atoms with van der Waals surface area (Å²) < 4.78 is 64.3. The molecule has 0 saturated carbocycles. The number of carbonyl (C=O) groups excluding carboxylic acids is 1. The quantitative estimate of drug-likeness (QED) is 0.588. The van der Waals surface area contributed by atoms with Crippen molar-refractivity contribution in [3.05, 3.63) is 29.8 Å². The van der Waals surface area contributed by atoms with Gasteiger partial charge in [0, 0.05) is 17.6 Å². The molecule has 1 aromatic rings. The minimum absolute atomic E-state index is 0. The molecule has 0 aliphatic heterocycles. The Labute approximate surface area is 163 Å². The smallest absolute Gasteiger partial charge is 0.343 e. The number of halogens is 4. The minimum atomic E-state index is -4.55. The number of sulfonamides is 1. The average Bonchev–Trinajstić information content (AvgIpc) is 2.50. The van der Waals surface area contributed by atoms with Crippen LogP contribution in [-0.2, 0) is 10.0 Å². The molecule has 0 saturated heterocycles. The number of carbonyl (C=O) groups is 1. The van der Waals surface area contributed by atoms with Gasteiger partial charge < -0.3 is 11.1 Å². The van der Waals surface area contributed by atoms with E-state index < -0.39 is 34.2 Å². The lowest BCUT2D eigenvalue weighted by Crippen LogP contribution is -2.52. The van der Waals surface area contributed by atoms with Gasteiger partial charge in [-0.2, -0.15) is 13.2 Å². The van der Waals surface area contributed by atoms with E-state index in [4.69, 9.17) is 5.73 Å². The maximum atomic E-state index is 12.6. The highest BCUT2D eigenvalue weighted by atomic mass is 35.5. The summed E-state index contributed by atoms with van der Waals surface area (Å²) in [5, 5.41) is 1.70. The number of hydrogen-bond acceptors (Lipinski definition) is 4. The molecule has 0 aliphatic carbocycles. The summed E-state index contributed by atoms with van der Waals surface area (Å²) in [4.78, 5) is 11.6. The third-order valence-corrected chi connectivity index (χ3v) is 5.18. The molecule has 1 aromatic carbocycles. The molecule has 6 nitrogen and oxygen atoms in total. The summed E-state index contributed by atoms with van der Waals surface area (Å²) in [6.45, 7) is 4.09. The first-order valence-electron chi connectivity index (χ1n) is 7.97. The maximum absolute atomic E-state index is 12.6. The molecule has 0 aliphatic rings. The molecule has 0 aromatic heterocycles. The van der Waals surface area contributed by atoms with Crippen molar-refractivity contribution in [1.82, 2.24) is 10.0 Å². The van der Waals surface area contributed by atoms with E-state index in [0.29, 0.717) is 6.42 Å². The molecule has 0 bridgehead atoms. The van der Waals surface area contributed by atoms with Crippen molar-refractivity contribution in [3.63, 3.8) is 0 Å². The zero-order valence-electron chi connectivity index (χ0n) is 15.3. The van der Waals surface area contributed by atoms with Crippen molar-refractivity contribution < 1.29 is 26.4 Å². The molecule has 1 unspecified atom stereocenters. The first-order chi connectivity index (χ1) is 11.8. The van der Waals surface area contributed by atoms with Crippen molar-refractivity contribution in [3.8, 4) is 0 Å². The summed E-state index contributed by atoms with van der Waals surface area (Å²) in [6.07, 6.45) is -4.06. The van der Waals surface area contributed by atoms with E-state index in [1.165, 1.54) is 18.2 Å². The van der Waals surface area contributed by atoms with Gasteiger partial charge in [-0.3, -0.25) is 4.79 Å². The summed E-state index contributed by atoms with van der Waals surface area (Å²) in [6, 6.07) is 4.82. The van der Waals surface area contributed by atoms with E-state index >= 15 is 0 Å². The number of nitrogens with one attached hydrogen (secondary N) is 2. The molecular weight excluding hydrogens is 407 g/mol. The minimum Gasteiger partial charge on any atom is -0.343 e. The fourth-order valence-corrected chi connectivity index (χ4v) is 4.01. The topological polar surface area (TPSA) is 101 Å². The number of amides is 1. The molecule has 0 heterocycles. The number of rotatable bonds is 8. The number of benzene rings is 1. The van der Waals surface area contributed by atoms with Crippen LogP contribution in [0.2, 0.25) is 0 Å². The predicted octanol–water partition coefficient (Wildman–Crippen LogP) is 2.44. The summed E-state index contributed by atoms with van der Waals surface area (Å²) in [7, 11) is -4.01. The van der Waals surface area contributed by atoms with Gasteiger partial charge in [0.15, 0.2) is 0 Å². The molecular formula is C16H25ClF3N3O3S. The van der Waals surface area contributed by atoms with E-state index in [0.717, 1.165) is 6.07 Å². The van der Waals surface area contributed by atoms with Crippen LogP contribution in [0.15, 0.2) is 29.2 Å². The summed E-state index contributed by atoms with van der Waals surface area (Å²) in [5.41, 5.74) is 4.63. The standard InChI is InChI=1S/C16H24F3N3O3S.ClH/c1-11(2)8-15(3,9-20)22-26(24,25)13-6-4-5-12(7-13)14(23)21-10-16(17,18)19;/h4-7,11,22H,8-10,20H2,1-3H3,(H,21,23);1H. The van der Waals surface area contributed by atoms with Crippen molar-refractivity contribution in [2.75, 3.05) is 13.1 Å². The van der Waals surface area contributed by atoms with Gasteiger partial charge in [-0.1, -0.05) is 19.9 Å². The van der Waals surface area contributed by atoms with Gasteiger partial charge in [-0.25, -0.2) is 13.1 Å². The molecule has 1 rings (SSSR count). The second-order valence-corrected chi connectivity index (χ2v) is 8.48. The van der Waals surface area contributed by atoms with Crippen LogP contribution in [0.4, 0.5) is 13.2 Å². The summed E-state index contributed by atoms with van der Waals surface area (Å²) >= 11 is 0. The fraction of sp³-hybridized carbons (Fsp3) is 0.562. The molecule has 0 fully saturated rings. The van der Waals surface area contributed by atoms with Crippen LogP contribution in [-0.4, -0.2) is 39.1 Å². The van der Waals surface area contributed by atoms with E-state index in [2.05, 4.69) is 4.72 Å². The number of alkyl halides is 3. The normalized spacial score (nSPS) is 14.4. The van der Waals surface area contributed by atoms with Crippen LogP contribution in [0, 0.1) is 5.92 Å². The highest BCUT2D eigenvalue weighted by molar-refractivity contribution is 7.89. The Kier molecular flexibility index (Phi) is 9.23. The number of hydrogen-bond donors (Lipinski definition) is 3. The number of nitrogens with two attached hydrogens (primary N) is 1. The van der Waals surface area contributed by atoms with Crippen LogP contribution >= 0.6 is 12.4 Å². The molecule has 0 spiro atoms. The highest BCUT2D eigenvalue weighted by Crippen LogP contribution is 2.20. The predicted molar refractivity (Wildman–Crippen MR) is 99.3 cm³/mol. The Balaban J connectivity index is 0.00000676. The zero-order valence-corrected chi connectivity index (χ0v) is 16.9. The van der Waals surface area contributed by atoms with Gasteiger partial charge in [-0.15, -0.1) is 12.4 Å². The third-order valence-electron chi connectivity index (χ3n) is 3.55. The van der Waals surface area contributed by atoms with Gasteiger partial charge in [0.05, 0.1) is 4.90 Å². The van der Waals surface area contributed by atoms with Gasteiger partial charge >= 0.3 is 6.18 Å². The Bertz CT molecular complexity index is 742. The Morgan fingerprint density at radius 3 is 2.33 bits per heavy atom. The fourth-order valence-electron chi connectivity index (χ4n) is 2.54. The van der Waals surface area contributed by atoms with E-state index in [1.807, 2.05) is 13.8 Å². The second kappa shape index (κ2) is 9.72. The SMILES string of the molecule is CC(C)CC(C)(CN)NS(=O)(=O)c1cccc(C(=O)NCC(F)(F)F)c1.Cl. The molecule has 0 radical (unpaired) electrons. The molecule has 1 amide bonds. The van der Waals surface area contributed by atoms with Gasteiger partial charge in [0.25, 0.3) is 5.91 Å². The highest BCUT2D eigenvalue weighted by Gasteiger charge is 2.31. The van der Waals surface area contributed by atoms with Crippen LogP contribution < -0.4 is 15.8 Å². The molecule has 156 valence electrons. The Hall–Kier alpha value is -1.36. The molecule has 11 heteroatoms. The maximum Gasteiger partial charge on any atom is 0.405 e. The molecule has 1 atom stereocenters. The third kappa shape index (κ3) is 8.46. The lowest BCUT2D eigenvalue weighted by Gasteiger charge is -2.30. The van der Waals surface area contributed by atoms with Crippen LogP contribution in [0.5, 0.6) is 0 Å². The van der Waals surface area contributed by atoms with Gasteiger partial charge in [-0.05, 0) is 37.5 Å². The van der Waals surface area contributed by atoms with Gasteiger partial charge in [0.2, 0.25) is 10.0 Å².